The fraction of sp³-hybridized carbons (Fsp3) is 0.0588. The number of nitrogens with one attached hydrogen (secondary N) is 3. The topological polar surface area (TPSA) is 99.3 Å². The van der Waals surface area contributed by atoms with Gasteiger partial charge in [-0.1, -0.05) is 12.1 Å². The lowest BCUT2D eigenvalue weighted by Gasteiger charge is -2.03. The van der Waals surface area contributed by atoms with Crippen molar-refractivity contribution >= 4 is 16.8 Å². The minimum absolute atomic E-state index is 0.126. The molecular formula is C17H14N6O. The van der Waals surface area contributed by atoms with E-state index in [1.165, 1.54) is 6.33 Å². The van der Waals surface area contributed by atoms with Crippen molar-refractivity contribution in [3.05, 3.63) is 54.4 Å². The van der Waals surface area contributed by atoms with E-state index >= 15 is 0 Å². The molecule has 7 nitrogen and oxygen atoms in total. The minimum atomic E-state index is -0.126. The number of hydrogen-bond acceptors (Lipinski definition) is 4. The van der Waals surface area contributed by atoms with Crippen LogP contribution in [0.1, 0.15) is 10.4 Å². The van der Waals surface area contributed by atoms with Crippen molar-refractivity contribution in [2.24, 2.45) is 0 Å². The second kappa shape index (κ2) is 5.62. The van der Waals surface area contributed by atoms with Gasteiger partial charge in [-0.2, -0.15) is 10.2 Å². The average molecular weight is 318 g/mol. The summed E-state index contributed by atoms with van der Waals surface area (Å²) in [6.07, 6.45) is 1.47. The summed E-state index contributed by atoms with van der Waals surface area (Å²) in [6, 6.07) is 13.3. The highest BCUT2D eigenvalue weighted by Crippen LogP contribution is 2.29. The molecule has 1 amide bonds. The first-order chi connectivity index (χ1) is 11.8. The molecule has 2 heterocycles. The van der Waals surface area contributed by atoms with Crippen molar-refractivity contribution in [2.75, 3.05) is 7.05 Å². The highest BCUT2D eigenvalue weighted by Gasteiger charge is 2.12. The molecule has 0 aliphatic heterocycles. The predicted molar refractivity (Wildman–Crippen MR) is 90.3 cm³/mol. The number of aromatic amines is 2. The molecule has 24 heavy (non-hydrogen) atoms. The summed E-state index contributed by atoms with van der Waals surface area (Å²) in [5, 5.41) is 17.8. The number of nitrogens with zero attached hydrogens (tertiary/aromatic N) is 3. The van der Waals surface area contributed by atoms with Crippen molar-refractivity contribution in [3.8, 4) is 22.6 Å². The van der Waals surface area contributed by atoms with E-state index in [1.54, 1.807) is 13.1 Å². The first-order valence-electron chi connectivity index (χ1n) is 7.42. The van der Waals surface area contributed by atoms with Gasteiger partial charge >= 0.3 is 0 Å². The summed E-state index contributed by atoms with van der Waals surface area (Å²) < 4.78 is 0. The molecule has 0 aliphatic carbocycles. The zero-order valence-electron chi connectivity index (χ0n) is 12.9. The van der Waals surface area contributed by atoms with Gasteiger partial charge in [0.25, 0.3) is 5.91 Å². The fourth-order valence-electron chi connectivity index (χ4n) is 2.68. The van der Waals surface area contributed by atoms with Crippen LogP contribution in [-0.4, -0.2) is 38.3 Å². The molecule has 118 valence electrons. The van der Waals surface area contributed by atoms with Crippen LogP contribution < -0.4 is 5.32 Å². The number of aromatic nitrogens is 5. The van der Waals surface area contributed by atoms with E-state index in [0.717, 1.165) is 27.7 Å². The fourth-order valence-corrected chi connectivity index (χ4v) is 2.68. The third kappa shape index (κ3) is 2.32. The normalized spacial score (nSPS) is 10.9. The second-order valence-corrected chi connectivity index (χ2v) is 5.33. The van der Waals surface area contributed by atoms with Gasteiger partial charge in [0.2, 0.25) is 0 Å². The molecule has 3 N–H and O–H groups in total. The zero-order chi connectivity index (χ0) is 16.5. The molecule has 0 saturated heterocycles. The van der Waals surface area contributed by atoms with Crippen molar-refractivity contribution in [1.82, 2.24) is 30.7 Å². The number of amides is 1. The standard InChI is InChI=1S/C17H14N6O/c1-18-17(24)12-4-2-3-10(7-12)15-13-8-11(16-19-9-20-23-16)5-6-14(13)21-22-15/h2-9H,1H3,(H,18,24)(H,21,22)(H,19,20,23). The van der Waals surface area contributed by atoms with Gasteiger partial charge < -0.3 is 5.32 Å². The lowest BCUT2D eigenvalue weighted by atomic mass is 10.0. The molecule has 0 bridgehead atoms. The number of carbonyl (C=O) groups is 1. The van der Waals surface area contributed by atoms with Gasteiger partial charge in [-0.3, -0.25) is 15.0 Å². The Balaban J connectivity index is 1.85. The average Bonchev–Trinajstić information content (AvgIpc) is 3.30. The molecule has 0 radical (unpaired) electrons. The molecule has 2 aromatic carbocycles. The number of H-pyrrole nitrogens is 2. The Morgan fingerprint density at radius 3 is 2.79 bits per heavy atom. The molecular weight excluding hydrogens is 304 g/mol. The number of carbonyl (C=O) groups excluding carboxylic acids is 1. The summed E-state index contributed by atoms with van der Waals surface area (Å²) in [7, 11) is 1.61. The maximum atomic E-state index is 11.8. The zero-order valence-corrected chi connectivity index (χ0v) is 12.9. The molecule has 0 aliphatic rings. The SMILES string of the molecule is CNC(=O)c1cccc(-c2n[nH]c3ccc(-c4ncn[nH]4)cc23)c1. The smallest absolute Gasteiger partial charge is 0.251 e. The largest absolute Gasteiger partial charge is 0.355 e. The van der Waals surface area contributed by atoms with Crippen LogP contribution in [0.5, 0.6) is 0 Å². The summed E-state index contributed by atoms with van der Waals surface area (Å²) in [4.78, 5) is 16.0. The molecule has 0 atom stereocenters. The Morgan fingerprint density at radius 1 is 1.08 bits per heavy atom. The first-order valence-corrected chi connectivity index (χ1v) is 7.42. The number of hydrogen-bond donors (Lipinski definition) is 3. The monoisotopic (exact) mass is 318 g/mol. The van der Waals surface area contributed by atoms with Gasteiger partial charge in [0.05, 0.1) is 11.2 Å². The molecule has 7 heteroatoms. The van der Waals surface area contributed by atoms with E-state index in [2.05, 4.69) is 30.7 Å². The molecule has 0 unspecified atom stereocenters. The van der Waals surface area contributed by atoms with Crippen LogP contribution in [0.2, 0.25) is 0 Å². The summed E-state index contributed by atoms with van der Waals surface area (Å²) in [6.45, 7) is 0. The minimum Gasteiger partial charge on any atom is -0.355 e. The van der Waals surface area contributed by atoms with Crippen LogP contribution >= 0.6 is 0 Å². The van der Waals surface area contributed by atoms with E-state index in [-0.39, 0.29) is 5.91 Å². The third-order valence-electron chi connectivity index (χ3n) is 3.88. The van der Waals surface area contributed by atoms with Crippen LogP contribution in [-0.2, 0) is 0 Å². The lowest BCUT2D eigenvalue weighted by Crippen LogP contribution is -2.17. The van der Waals surface area contributed by atoms with Gasteiger partial charge in [0.15, 0.2) is 5.82 Å². The van der Waals surface area contributed by atoms with Crippen molar-refractivity contribution in [1.29, 1.82) is 0 Å². The Bertz CT molecular complexity index is 1020. The highest BCUT2D eigenvalue weighted by atomic mass is 16.1. The molecule has 0 saturated carbocycles. The van der Waals surface area contributed by atoms with Gasteiger partial charge in [0, 0.05) is 29.1 Å². The first kappa shape index (κ1) is 14.1. The van der Waals surface area contributed by atoms with E-state index in [0.29, 0.717) is 11.4 Å². The Morgan fingerprint density at radius 2 is 2.00 bits per heavy atom. The maximum absolute atomic E-state index is 11.8. The van der Waals surface area contributed by atoms with Gasteiger partial charge in [-0.05, 0) is 30.3 Å². The number of fused-ring (bicyclic) bond motifs is 1. The van der Waals surface area contributed by atoms with Gasteiger partial charge in [-0.15, -0.1) is 0 Å². The van der Waals surface area contributed by atoms with Crippen LogP contribution in [0.3, 0.4) is 0 Å². The van der Waals surface area contributed by atoms with E-state index in [4.69, 9.17) is 0 Å². The van der Waals surface area contributed by atoms with Crippen LogP contribution in [0.4, 0.5) is 0 Å². The molecule has 0 fully saturated rings. The molecule has 4 rings (SSSR count). The van der Waals surface area contributed by atoms with Crippen LogP contribution in [0.25, 0.3) is 33.5 Å². The van der Waals surface area contributed by atoms with Crippen LogP contribution in [0, 0.1) is 0 Å². The number of benzene rings is 2. The Kier molecular flexibility index (Phi) is 3.31. The number of rotatable bonds is 3. The van der Waals surface area contributed by atoms with Crippen LogP contribution in [0.15, 0.2) is 48.8 Å². The maximum Gasteiger partial charge on any atom is 0.251 e. The predicted octanol–water partition coefficient (Wildman–Crippen LogP) is 2.37. The summed E-state index contributed by atoms with van der Waals surface area (Å²) in [5.74, 6) is 0.571. The van der Waals surface area contributed by atoms with Crippen molar-refractivity contribution in [2.45, 2.75) is 0 Å². The lowest BCUT2D eigenvalue weighted by molar-refractivity contribution is 0.0963. The van der Waals surface area contributed by atoms with Crippen molar-refractivity contribution in [3.63, 3.8) is 0 Å². The van der Waals surface area contributed by atoms with E-state index in [1.807, 2.05) is 36.4 Å². The summed E-state index contributed by atoms with van der Waals surface area (Å²) in [5.41, 5.74) is 4.09. The quantitative estimate of drug-likeness (QED) is 0.540. The van der Waals surface area contributed by atoms with Crippen molar-refractivity contribution < 1.29 is 4.79 Å². The Labute approximate surface area is 137 Å². The second-order valence-electron chi connectivity index (χ2n) is 5.33. The van der Waals surface area contributed by atoms with E-state index < -0.39 is 0 Å². The summed E-state index contributed by atoms with van der Waals surface area (Å²) >= 11 is 0. The van der Waals surface area contributed by atoms with Gasteiger partial charge in [0.1, 0.15) is 6.33 Å². The molecule has 2 aromatic heterocycles. The molecule has 0 spiro atoms. The Hall–Kier alpha value is -3.48. The highest BCUT2D eigenvalue weighted by molar-refractivity contribution is 5.98. The third-order valence-corrected chi connectivity index (χ3v) is 3.88. The van der Waals surface area contributed by atoms with Gasteiger partial charge in [-0.25, -0.2) is 4.98 Å². The molecule has 4 aromatic rings. The van der Waals surface area contributed by atoms with E-state index in [9.17, 15) is 4.79 Å².